The minimum atomic E-state index is -3.22. The highest BCUT2D eigenvalue weighted by Gasteiger charge is 2.50. The van der Waals surface area contributed by atoms with Crippen molar-refractivity contribution in [1.82, 2.24) is 10.6 Å². The average Bonchev–Trinajstić information content (AvgIpc) is 3.15. The molecule has 1 heterocycles. The second-order valence-electron chi connectivity index (χ2n) is 16.4. The Balaban J connectivity index is 1.63. The Morgan fingerprint density at radius 2 is 1.64 bits per heavy atom. The van der Waals surface area contributed by atoms with Crippen LogP contribution in [0, 0.1) is 29.1 Å². The molecule has 302 valence electrons. The van der Waals surface area contributed by atoms with Crippen molar-refractivity contribution >= 4 is 48.1 Å². The molecule has 0 aromatic heterocycles. The largest absolute Gasteiger partial charge is 0.490 e. The second kappa shape index (κ2) is 21.2. The number of halogens is 1. The lowest BCUT2D eigenvalue weighted by Gasteiger charge is -2.43. The molecule has 1 aliphatic heterocycles. The summed E-state index contributed by atoms with van der Waals surface area (Å²) in [5, 5.41) is 8.00. The zero-order chi connectivity index (χ0) is 41.5. The van der Waals surface area contributed by atoms with Gasteiger partial charge in [0.25, 0.3) is 8.32 Å². The van der Waals surface area contributed by atoms with Gasteiger partial charge >= 0.3 is 5.97 Å². The number of allylic oxidation sites excluding steroid dienone is 4. The van der Waals surface area contributed by atoms with Gasteiger partial charge in [0.15, 0.2) is 5.76 Å². The molecule has 10 heteroatoms. The van der Waals surface area contributed by atoms with Gasteiger partial charge in [0.05, 0.1) is 7.11 Å². The summed E-state index contributed by atoms with van der Waals surface area (Å²) in [6.45, 7) is 15.8. The molecule has 0 radical (unpaired) electrons. The van der Waals surface area contributed by atoms with Gasteiger partial charge in [-0.1, -0.05) is 144 Å². The van der Waals surface area contributed by atoms with Crippen molar-refractivity contribution in [2.24, 2.45) is 17.3 Å². The maximum absolute atomic E-state index is 13.5. The summed E-state index contributed by atoms with van der Waals surface area (Å²) in [6.07, 6.45) is 12.1. The maximum atomic E-state index is 13.5. The van der Waals surface area contributed by atoms with E-state index in [1.165, 1.54) is 7.11 Å². The van der Waals surface area contributed by atoms with Gasteiger partial charge in [-0.3, -0.25) is 9.59 Å². The molecule has 1 aliphatic rings. The zero-order valence-corrected chi connectivity index (χ0v) is 36.3. The number of hydrogen-bond donors (Lipinski definition) is 3. The topological polar surface area (TPSA) is 114 Å². The number of hydrogen-bond acceptors (Lipinski definition) is 6. The third-order valence-electron chi connectivity index (χ3n) is 10.2. The van der Waals surface area contributed by atoms with Gasteiger partial charge in [0.2, 0.25) is 11.8 Å². The predicted octanol–water partition coefficient (Wildman–Crippen LogP) is 7.82. The van der Waals surface area contributed by atoms with Crippen LogP contribution in [0.2, 0.25) is 5.04 Å². The van der Waals surface area contributed by atoms with Crippen molar-refractivity contribution in [1.29, 1.82) is 0 Å². The van der Waals surface area contributed by atoms with E-state index in [-0.39, 0.29) is 41.9 Å². The Morgan fingerprint density at radius 3 is 2.18 bits per heavy atom. The number of nitrogens with one attached hydrogen (secondary N) is 2. The van der Waals surface area contributed by atoms with Gasteiger partial charge in [-0.15, -0.1) is 0 Å². The summed E-state index contributed by atoms with van der Waals surface area (Å²) in [7, 11) is -1.78. The Kier molecular flexibility index (Phi) is 17.5. The highest BCUT2D eigenvalue weighted by molar-refractivity contribution is 6.98. The first kappa shape index (κ1) is 46.0. The Hall–Kier alpha value is -4.36. The molecule has 8 nitrogen and oxygen atoms in total. The molecule has 0 saturated carbocycles. The molecule has 2 aromatic rings. The minimum Gasteiger partial charge on any atom is -0.490 e. The SMILES string of the molecule is COC1=CC[C@@H]([C@@H](C)/C=C(\C)C#CCCC(=O)N[C@H](C(=O)N/C=C\C[C@H](C/C=C(\C)Cl)CC(C)(C)[Si](O)(c2ccccc2)c2ccccc2)C(C)(C)C)OC1=O. The molecule has 2 amide bonds. The highest BCUT2D eigenvalue weighted by Crippen LogP contribution is 2.43. The van der Waals surface area contributed by atoms with E-state index in [4.69, 9.17) is 21.1 Å². The van der Waals surface area contributed by atoms with Crippen LogP contribution in [0.25, 0.3) is 0 Å². The van der Waals surface area contributed by atoms with Crippen molar-refractivity contribution in [3.8, 4) is 11.8 Å². The lowest BCUT2D eigenvalue weighted by Crippen LogP contribution is -2.65. The number of benzene rings is 2. The van der Waals surface area contributed by atoms with Crippen molar-refractivity contribution in [2.45, 2.75) is 111 Å². The third kappa shape index (κ3) is 13.4. The Labute approximate surface area is 341 Å². The molecule has 0 unspecified atom stereocenters. The monoisotopic (exact) mass is 800 g/mol. The fourth-order valence-electron chi connectivity index (χ4n) is 7.12. The molecule has 3 rings (SSSR count). The number of carbonyl (C=O) groups is 3. The van der Waals surface area contributed by atoms with Gasteiger partial charge in [0.1, 0.15) is 12.1 Å². The lowest BCUT2D eigenvalue weighted by atomic mass is 9.86. The number of cyclic esters (lactones) is 1. The smallest absolute Gasteiger partial charge is 0.373 e. The van der Waals surface area contributed by atoms with Crippen LogP contribution in [0.4, 0.5) is 0 Å². The van der Waals surface area contributed by atoms with Crippen LogP contribution in [0.5, 0.6) is 0 Å². The van der Waals surface area contributed by atoms with E-state index in [2.05, 4.69) is 36.3 Å². The number of carbonyl (C=O) groups excluding carboxylic acids is 3. The predicted molar refractivity (Wildman–Crippen MR) is 229 cm³/mol. The first-order valence-electron chi connectivity index (χ1n) is 19.4. The van der Waals surface area contributed by atoms with E-state index in [9.17, 15) is 19.2 Å². The molecule has 0 bridgehead atoms. The first-order valence-corrected chi connectivity index (χ1v) is 21.7. The molecule has 0 aliphatic carbocycles. The normalized spacial score (nSPS) is 17.2. The van der Waals surface area contributed by atoms with Gasteiger partial charge in [-0.05, 0) is 77.7 Å². The van der Waals surface area contributed by atoms with E-state index < -0.39 is 30.8 Å². The van der Waals surface area contributed by atoms with Gasteiger partial charge in [-0.2, -0.15) is 0 Å². The number of rotatable bonds is 17. The molecule has 3 N–H and O–H groups in total. The summed E-state index contributed by atoms with van der Waals surface area (Å²) in [6, 6.07) is 19.2. The summed E-state index contributed by atoms with van der Waals surface area (Å²) in [5.74, 6) is 5.40. The maximum Gasteiger partial charge on any atom is 0.373 e. The third-order valence-corrected chi connectivity index (χ3v) is 14.9. The van der Waals surface area contributed by atoms with E-state index >= 15 is 0 Å². The van der Waals surface area contributed by atoms with Crippen molar-refractivity contribution in [3.63, 3.8) is 0 Å². The molecular formula is C46H61ClN2O6Si. The van der Waals surface area contributed by atoms with Crippen LogP contribution in [0.1, 0.15) is 93.9 Å². The number of methoxy groups -OCH3 is 1. The molecule has 56 heavy (non-hydrogen) atoms. The summed E-state index contributed by atoms with van der Waals surface area (Å²) < 4.78 is 10.5. The average molecular weight is 802 g/mol. The van der Waals surface area contributed by atoms with Crippen molar-refractivity contribution < 1.29 is 28.7 Å². The quantitative estimate of drug-likeness (QED) is 0.0855. The first-order chi connectivity index (χ1) is 26.4. The Morgan fingerprint density at radius 1 is 1.04 bits per heavy atom. The lowest BCUT2D eigenvalue weighted by molar-refractivity contribution is -0.151. The second-order valence-corrected chi connectivity index (χ2v) is 20.9. The van der Waals surface area contributed by atoms with Gasteiger partial charge in [-0.25, -0.2) is 4.79 Å². The van der Waals surface area contributed by atoms with Crippen LogP contribution in [0.3, 0.4) is 0 Å². The van der Waals surface area contributed by atoms with E-state index in [0.717, 1.165) is 22.4 Å². The van der Waals surface area contributed by atoms with Crippen LogP contribution >= 0.6 is 11.6 Å². The fraction of sp³-hybridized carbons (Fsp3) is 0.457. The highest BCUT2D eigenvalue weighted by atomic mass is 35.5. The van der Waals surface area contributed by atoms with Crippen LogP contribution < -0.4 is 21.0 Å². The van der Waals surface area contributed by atoms with E-state index in [1.807, 2.05) is 120 Å². The summed E-state index contributed by atoms with van der Waals surface area (Å²) >= 11 is 6.29. The fourth-order valence-corrected chi connectivity index (χ4v) is 11.0. The molecule has 0 saturated heterocycles. The molecule has 0 fully saturated rings. The number of amides is 2. The van der Waals surface area contributed by atoms with Gasteiger partial charge in [0, 0.05) is 30.2 Å². The van der Waals surface area contributed by atoms with Crippen molar-refractivity contribution in [2.75, 3.05) is 7.11 Å². The van der Waals surface area contributed by atoms with E-state index in [0.29, 0.717) is 30.7 Å². The standard InChI is InChI=1S/C46H61ClN2O6Si/c1-33(31-34(2)39-28-29-40(54-9)44(52)55-39)19-16-17-25-41(50)49-42(45(4,5)6)43(51)48-30-18-20-36(27-26-35(3)47)32-46(7,8)56(53,37-21-12-10-13-22-37)38-23-14-11-15-24-38/h10-15,18,21-24,26,29-31,34,36,39,42,53H,17,20,25,27-28,32H2,1-9H3,(H,48,51)(H,49,50)/b30-18-,33-31+,35-26+/t34-,36+,39-,42+/m0/s1. The number of ether oxygens (including phenoxy) is 2. The Bertz CT molecular complexity index is 1770. The molecule has 2 aromatic carbocycles. The zero-order valence-electron chi connectivity index (χ0n) is 34.6. The molecule has 4 atom stereocenters. The molecule has 0 spiro atoms. The summed E-state index contributed by atoms with van der Waals surface area (Å²) in [4.78, 5) is 51.2. The van der Waals surface area contributed by atoms with Crippen LogP contribution in [-0.4, -0.2) is 50.2 Å². The van der Waals surface area contributed by atoms with Crippen molar-refractivity contribution in [3.05, 3.63) is 108 Å². The molecular weight excluding hydrogens is 740 g/mol. The minimum absolute atomic E-state index is 0.0448. The summed E-state index contributed by atoms with van der Waals surface area (Å²) in [5.41, 5.74) is 0.273. The van der Waals surface area contributed by atoms with E-state index in [1.54, 1.807) is 12.3 Å². The van der Waals surface area contributed by atoms with Crippen LogP contribution in [-0.2, 0) is 23.9 Å². The number of esters is 1. The van der Waals surface area contributed by atoms with Crippen LogP contribution in [0.15, 0.2) is 108 Å². The van der Waals surface area contributed by atoms with Gasteiger partial charge < -0.3 is 24.9 Å².